The van der Waals surface area contributed by atoms with Crippen molar-refractivity contribution in [3.63, 3.8) is 0 Å². The third kappa shape index (κ3) is 4.43. The molecule has 0 aliphatic carbocycles. The summed E-state index contributed by atoms with van der Waals surface area (Å²) in [5.74, 6) is -1.91. The summed E-state index contributed by atoms with van der Waals surface area (Å²) in [6, 6.07) is 10.6. The van der Waals surface area contributed by atoms with Gasteiger partial charge in [0.15, 0.2) is 11.6 Å². The Labute approximate surface area is 130 Å². The number of aliphatic hydroxyl groups excluding tert-OH is 1. The Hall–Kier alpha value is -1.63. The summed E-state index contributed by atoms with van der Waals surface area (Å²) < 4.78 is 37.2. The second-order valence-corrected chi connectivity index (χ2v) is 6.30. The molecule has 0 fully saturated rings. The van der Waals surface area contributed by atoms with Crippen LogP contribution in [0.2, 0.25) is 0 Å². The summed E-state index contributed by atoms with van der Waals surface area (Å²) in [5.41, 5.74) is 1.30. The lowest BCUT2D eigenvalue weighted by Gasteiger charge is -2.12. The van der Waals surface area contributed by atoms with Crippen molar-refractivity contribution in [2.24, 2.45) is 0 Å². The molecule has 2 aromatic rings. The molecule has 0 saturated heterocycles. The van der Waals surface area contributed by atoms with Crippen molar-refractivity contribution in [2.75, 3.05) is 12.8 Å². The van der Waals surface area contributed by atoms with Gasteiger partial charge in [0.25, 0.3) is 0 Å². The van der Waals surface area contributed by atoms with Crippen molar-refractivity contribution in [2.45, 2.75) is 17.5 Å². The topological polar surface area (TPSA) is 49.3 Å². The van der Waals surface area contributed by atoms with E-state index in [0.717, 1.165) is 22.6 Å². The zero-order chi connectivity index (χ0) is 16.1. The first-order valence-electron chi connectivity index (χ1n) is 6.73. The van der Waals surface area contributed by atoms with Gasteiger partial charge in [0.05, 0.1) is 6.10 Å². The third-order valence-corrected chi connectivity index (χ3v) is 4.19. The van der Waals surface area contributed by atoms with E-state index in [9.17, 15) is 18.1 Å². The number of aliphatic hydroxyl groups is 1. The molecule has 2 N–H and O–H groups in total. The summed E-state index contributed by atoms with van der Waals surface area (Å²) in [6.45, 7) is 0.726. The van der Waals surface area contributed by atoms with Gasteiger partial charge in [-0.1, -0.05) is 18.2 Å². The summed E-state index contributed by atoms with van der Waals surface area (Å²) >= 11 is 0. The Balaban J connectivity index is 1.87. The van der Waals surface area contributed by atoms with E-state index < -0.39 is 28.5 Å². The molecule has 0 aliphatic heterocycles. The second-order valence-electron chi connectivity index (χ2n) is 4.92. The molecule has 0 amide bonds. The average Bonchev–Trinajstić information content (AvgIpc) is 2.50. The fourth-order valence-corrected chi connectivity index (χ4v) is 2.51. The molecular weight excluding hydrogens is 308 g/mol. The molecule has 0 spiro atoms. The van der Waals surface area contributed by atoms with Crippen LogP contribution in [0.25, 0.3) is 0 Å². The predicted octanol–water partition coefficient (Wildman–Crippen LogP) is 2.53. The van der Waals surface area contributed by atoms with E-state index >= 15 is 0 Å². The summed E-state index contributed by atoms with van der Waals surface area (Å²) in [5, 5.41) is 13.0. The SMILES string of the molecule is C[S@](=O)c1ccc(CNC[C@@H](O)c2ccc(F)c(F)c2)cc1. The highest BCUT2D eigenvalue weighted by Gasteiger charge is 2.10. The van der Waals surface area contributed by atoms with Crippen molar-refractivity contribution in [3.8, 4) is 0 Å². The lowest BCUT2D eigenvalue weighted by atomic mass is 10.1. The zero-order valence-electron chi connectivity index (χ0n) is 12.1. The van der Waals surface area contributed by atoms with Crippen LogP contribution in [-0.4, -0.2) is 22.1 Å². The molecule has 3 nitrogen and oxygen atoms in total. The molecule has 6 heteroatoms. The fraction of sp³-hybridized carbons (Fsp3) is 0.250. The van der Waals surface area contributed by atoms with E-state index in [0.29, 0.717) is 12.1 Å². The molecule has 0 unspecified atom stereocenters. The van der Waals surface area contributed by atoms with Crippen molar-refractivity contribution < 1.29 is 18.1 Å². The lowest BCUT2D eigenvalue weighted by molar-refractivity contribution is 0.173. The highest BCUT2D eigenvalue weighted by atomic mass is 32.2. The standard InChI is InChI=1S/C16H17F2NO2S/c1-22(21)13-5-2-11(3-6-13)9-19-10-16(20)12-4-7-14(17)15(18)8-12/h2-8,16,19-20H,9-10H2,1H3/t16-,22+/m1/s1. The van der Waals surface area contributed by atoms with Gasteiger partial charge >= 0.3 is 0 Å². The van der Waals surface area contributed by atoms with Crippen molar-refractivity contribution in [3.05, 3.63) is 65.2 Å². The molecule has 0 radical (unpaired) electrons. The maximum absolute atomic E-state index is 13.1. The van der Waals surface area contributed by atoms with Gasteiger partial charge in [-0.15, -0.1) is 0 Å². The minimum atomic E-state index is -1.01. The monoisotopic (exact) mass is 325 g/mol. The molecule has 22 heavy (non-hydrogen) atoms. The van der Waals surface area contributed by atoms with E-state index in [1.54, 1.807) is 18.4 Å². The molecule has 0 aromatic heterocycles. The second kappa shape index (κ2) is 7.58. The number of halogens is 2. The molecule has 0 saturated carbocycles. The van der Waals surface area contributed by atoms with Gasteiger partial charge in [-0.2, -0.15) is 0 Å². The summed E-state index contributed by atoms with van der Waals surface area (Å²) in [7, 11) is -1.01. The van der Waals surface area contributed by atoms with Crippen LogP contribution in [0.15, 0.2) is 47.4 Å². The van der Waals surface area contributed by atoms with E-state index in [4.69, 9.17) is 0 Å². The minimum absolute atomic E-state index is 0.215. The summed E-state index contributed by atoms with van der Waals surface area (Å²) in [6.07, 6.45) is 0.698. The Morgan fingerprint density at radius 2 is 1.82 bits per heavy atom. The average molecular weight is 325 g/mol. The molecule has 0 bridgehead atoms. The Morgan fingerprint density at radius 1 is 1.14 bits per heavy atom. The van der Waals surface area contributed by atoms with E-state index in [1.165, 1.54) is 6.07 Å². The minimum Gasteiger partial charge on any atom is -0.387 e. The van der Waals surface area contributed by atoms with Crippen molar-refractivity contribution in [1.29, 1.82) is 0 Å². The number of hydrogen-bond donors (Lipinski definition) is 2. The van der Waals surface area contributed by atoms with Crippen LogP contribution in [0.5, 0.6) is 0 Å². The van der Waals surface area contributed by atoms with Gasteiger partial charge in [0.2, 0.25) is 0 Å². The van der Waals surface area contributed by atoms with Gasteiger partial charge in [-0.25, -0.2) is 8.78 Å². The lowest BCUT2D eigenvalue weighted by Crippen LogP contribution is -2.21. The Kier molecular flexibility index (Phi) is 5.76. The van der Waals surface area contributed by atoms with Crippen molar-refractivity contribution >= 4 is 10.8 Å². The predicted molar refractivity (Wildman–Crippen MR) is 81.8 cm³/mol. The maximum Gasteiger partial charge on any atom is 0.159 e. The van der Waals surface area contributed by atoms with Gasteiger partial charge in [0, 0.05) is 35.0 Å². The maximum atomic E-state index is 13.1. The molecule has 0 heterocycles. The number of nitrogens with one attached hydrogen (secondary N) is 1. The molecule has 118 valence electrons. The molecule has 2 aromatic carbocycles. The third-order valence-electron chi connectivity index (χ3n) is 3.25. The van der Waals surface area contributed by atoms with Crippen LogP contribution >= 0.6 is 0 Å². The first-order chi connectivity index (χ1) is 10.5. The quantitative estimate of drug-likeness (QED) is 0.858. The van der Waals surface area contributed by atoms with Gasteiger partial charge in [0.1, 0.15) is 0 Å². The van der Waals surface area contributed by atoms with Crippen molar-refractivity contribution in [1.82, 2.24) is 5.32 Å². The zero-order valence-corrected chi connectivity index (χ0v) is 12.9. The number of rotatable bonds is 6. The fourth-order valence-electron chi connectivity index (χ4n) is 1.99. The van der Waals surface area contributed by atoms with E-state index in [1.807, 2.05) is 12.1 Å². The smallest absolute Gasteiger partial charge is 0.159 e. The Bertz CT molecular complexity index is 662. The molecule has 2 rings (SSSR count). The van der Waals surface area contributed by atoms with Crippen LogP contribution in [0.1, 0.15) is 17.2 Å². The Morgan fingerprint density at radius 3 is 2.41 bits per heavy atom. The molecule has 0 aliphatic rings. The number of benzene rings is 2. The van der Waals surface area contributed by atoms with Crippen LogP contribution in [0.3, 0.4) is 0 Å². The van der Waals surface area contributed by atoms with E-state index in [-0.39, 0.29) is 6.54 Å². The van der Waals surface area contributed by atoms with Gasteiger partial charge in [-0.3, -0.25) is 4.21 Å². The first kappa shape index (κ1) is 16.7. The van der Waals surface area contributed by atoms with Crippen LogP contribution in [0, 0.1) is 11.6 Å². The number of hydrogen-bond acceptors (Lipinski definition) is 3. The summed E-state index contributed by atoms with van der Waals surface area (Å²) in [4.78, 5) is 0.755. The van der Waals surface area contributed by atoms with Gasteiger partial charge < -0.3 is 10.4 Å². The van der Waals surface area contributed by atoms with E-state index in [2.05, 4.69) is 5.32 Å². The largest absolute Gasteiger partial charge is 0.387 e. The van der Waals surface area contributed by atoms with Crippen LogP contribution in [-0.2, 0) is 17.3 Å². The van der Waals surface area contributed by atoms with Crippen LogP contribution < -0.4 is 5.32 Å². The van der Waals surface area contributed by atoms with Gasteiger partial charge in [-0.05, 0) is 35.4 Å². The highest BCUT2D eigenvalue weighted by Crippen LogP contribution is 2.16. The molecular formula is C16H17F2NO2S. The molecule has 2 atom stereocenters. The van der Waals surface area contributed by atoms with Crippen LogP contribution in [0.4, 0.5) is 8.78 Å². The normalized spacial score (nSPS) is 13.8. The first-order valence-corrected chi connectivity index (χ1v) is 8.29. The highest BCUT2D eigenvalue weighted by molar-refractivity contribution is 7.84.